The lowest BCUT2D eigenvalue weighted by Gasteiger charge is -2.18. The van der Waals surface area contributed by atoms with Crippen LogP contribution in [0.3, 0.4) is 0 Å². The van der Waals surface area contributed by atoms with Crippen LogP contribution >= 0.6 is 11.6 Å². The van der Waals surface area contributed by atoms with Gasteiger partial charge in [0.2, 0.25) is 12.3 Å². The number of amides is 1. The highest BCUT2D eigenvalue weighted by Crippen LogP contribution is 2.22. The maximum atomic E-state index is 12.3. The van der Waals surface area contributed by atoms with Crippen molar-refractivity contribution in [3.63, 3.8) is 0 Å². The Morgan fingerprint density at radius 2 is 2.19 bits per heavy atom. The number of halogens is 1. The van der Waals surface area contributed by atoms with Gasteiger partial charge in [-0.2, -0.15) is 4.98 Å². The molecule has 0 spiro atoms. The molecule has 1 aromatic heterocycles. The van der Waals surface area contributed by atoms with E-state index in [0.717, 1.165) is 12.0 Å². The smallest absolute Gasteiger partial charge is 0.226 e. The van der Waals surface area contributed by atoms with Crippen molar-refractivity contribution in [2.24, 2.45) is 5.92 Å². The standard InChI is InChI=1S/C14H14ClN3O3/c15-11-3-1-9(2-4-11)12(13-16-8-21-18-13)17-14(19)10-5-6-20-7-10/h1-4,8,10,12H,5-7H2,(H,17,19)/t10-,12+/m0/s1. The number of aromatic nitrogens is 2. The Morgan fingerprint density at radius 1 is 1.38 bits per heavy atom. The summed E-state index contributed by atoms with van der Waals surface area (Å²) in [6.45, 7) is 1.07. The first-order valence-corrected chi connectivity index (χ1v) is 7.01. The largest absolute Gasteiger partial charge is 0.381 e. The van der Waals surface area contributed by atoms with E-state index >= 15 is 0 Å². The van der Waals surface area contributed by atoms with E-state index in [1.165, 1.54) is 6.39 Å². The molecule has 0 bridgehead atoms. The van der Waals surface area contributed by atoms with E-state index in [1.807, 2.05) is 12.1 Å². The van der Waals surface area contributed by atoms with Crippen LogP contribution in [0.15, 0.2) is 35.2 Å². The van der Waals surface area contributed by atoms with Gasteiger partial charge in [-0.05, 0) is 24.1 Å². The van der Waals surface area contributed by atoms with E-state index in [2.05, 4.69) is 15.5 Å². The number of carbonyl (C=O) groups excluding carboxylic acids is 1. The molecule has 1 aliphatic rings. The second-order valence-corrected chi connectivity index (χ2v) is 5.28. The number of hydrogen-bond donors (Lipinski definition) is 1. The second-order valence-electron chi connectivity index (χ2n) is 4.84. The van der Waals surface area contributed by atoms with Crippen molar-refractivity contribution in [2.45, 2.75) is 12.5 Å². The predicted molar refractivity (Wildman–Crippen MR) is 74.7 cm³/mol. The molecule has 1 aromatic carbocycles. The van der Waals surface area contributed by atoms with Crippen LogP contribution in [-0.4, -0.2) is 29.3 Å². The number of carbonyl (C=O) groups is 1. The Labute approximate surface area is 126 Å². The van der Waals surface area contributed by atoms with Gasteiger partial charge in [0, 0.05) is 11.6 Å². The lowest BCUT2D eigenvalue weighted by atomic mass is 10.0. The molecule has 2 aromatic rings. The van der Waals surface area contributed by atoms with E-state index in [4.69, 9.17) is 20.9 Å². The highest BCUT2D eigenvalue weighted by atomic mass is 35.5. The minimum absolute atomic E-state index is 0.0720. The molecule has 1 aliphatic heterocycles. The van der Waals surface area contributed by atoms with Gasteiger partial charge in [-0.1, -0.05) is 28.9 Å². The maximum Gasteiger partial charge on any atom is 0.226 e. The Morgan fingerprint density at radius 3 is 2.81 bits per heavy atom. The van der Waals surface area contributed by atoms with Crippen molar-refractivity contribution in [3.05, 3.63) is 47.1 Å². The average Bonchev–Trinajstić information content (AvgIpc) is 3.19. The maximum absolute atomic E-state index is 12.3. The summed E-state index contributed by atoms with van der Waals surface area (Å²) >= 11 is 5.90. The molecule has 0 aliphatic carbocycles. The molecule has 110 valence electrons. The van der Waals surface area contributed by atoms with E-state index in [1.54, 1.807) is 12.1 Å². The third-order valence-corrected chi connectivity index (χ3v) is 3.68. The van der Waals surface area contributed by atoms with E-state index in [9.17, 15) is 4.79 Å². The lowest BCUT2D eigenvalue weighted by Crippen LogP contribution is -2.35. The Kier molecular flexibility index (Phi) is 4.17. The molecular weight excluding hydrogens is 294 g/mol. The van der Waals surface area contributed by atoms with Gasteiger partial charge in [-0.15, -0.1) is 0 Å². The third-order valence-electron chi connectivity index (χ3n) is 3.43. The fourth-order valence-electron chi connectivity index (χ4n) is 2.26. The Balaban J connectivity index is 1.82. The molecule has 1 fully saturated rings. The molecule has 6 nitrogen and oxygen atoms in total. The number of hydrogen-bond acceptors (Lipinski definition) is 5. The van der Waals surface area contributed by atoms with Crippen LogP contribution in [0.2, 0.25) is 5.02 Å². The number of nitrogens with one attached hydrogen (secondary N) is 1. The summed E-state index contributed by atoms with van der Waals surface area (Å²) < 4.78 is 10.0. The van der Waals surface area contributed by atoms with Crippen molar-refractivity contribution < 1.29 is 14.1 Å². The first-order valence-electron chi connectivity index (χ1n) is 6.64. The molecule has 21 heavy (non-hydrogen) atoms. The molecule has 2 atom stereocenters. The van der Waals surface area contributed by atoms with Gasteiger partial charge in [0.15, 0.2) is 5.82 Å². The van der Waals surface area contributed by atoms with Crippen molar-refractivity contribution in [2.75, 3.05) is 13.2 Å². The van der Waals surface area contributed by atoms with E-state index < -0.39 is 6.04 Å². The van der Waals surface area contributed by atoms with Crippen LogP contribution < -0.4 is 5.32 Å². The number of ether oxygens (including phenoxy) is 1. The number of nitrogens with zero attached hydrogens (tertiary/aromatic N) is 2. The van der Waals surface area contributed by atoms with Gasteiger partial charge in [0.25, 0.3) is 0 Å². The Bertz CT molecular complexity index is 594. The monoisotopic (exact) mass is 307 g/mol. The van der Waals surface area contributed by atoms with Gasteiger partial charge < -0.3 is 14.6 Å². The Hall–Kier alpha value is -1.92. The number of benzene rings is 1. The van der Waals surface area contributed by atoms with Gasteiger partial charge in [0.1, 0.15) is 6.04 Å². The average molecular weight is 308 g/mol. The molecule has 3 rings (SSSR count). The first kappa shape index (κ1) is 14.0. The first-order chi connectivity index (χ1) is 10.2. The lowest BCUT2D eigenvalue weighted by molar-refractivity contribution is -0.125. The van der Waals surface area contributed by atoms with Crippen molar-refractivity contribution in [1.82, 2.24) is 15.5 Å². The zero-order valence-electron chi connectivity index (χ0n) is 11.2. The predicted octanol–water partition coefficient (Wildman–Crippen LogP) is 1.97. The van der Waals surface area contributed by atoms with Gasteiger partial charge in [0.05, 0.1) is 12.5 Å². The molecule has 0 unspecified atom stereocenters. The minimum atomic E-state index is -0.464. The molecule has 2 heterocycles. The molecular formula is C14H14ClN3O3. The molecule has 1 saturated heterocycles. The summed E-state index contributed by atoms with van der Waals surface area (Å²) in [6, 6.07) is 6.71. The van der Waals surface area contributed by atoms with Crippen LogP contribution in [0.25, 0.3) is 0 Å². The van der Waals surface area contributed by atoms with Gasteiger partial charge >= 0.3 is 0 Å². The minimum Gasteiger partial charge on any atom is -0.381 e. The molecule has 0 saturated carbocycles. The highest BCUT2D eigenvalue weighted by Gasteiger charge is 2.28. The fourth-order valence-corrected chi connectivity index (χ4v) is 2.39. The fraction of sp³-hybridized carbons (Fsp3) is 0.357. The van der Waals surface area contributed by atoms with E-state index in [0.29, 0.717) is 24.1 Å². The zero-order chi connectivity index (χ0) is 14.7. The second kappa shape index (κ2) is 6.24. The number of rotatable bonds is 4. The summed E-state index contributed by atoms with van der Waals surface area (Å²) in [5.41, 5.74) is 0.841. The van der Waals surface area contributed by atoms with Crippen LogP contribution in [0.5, 0.6) is 0 Å². The van der Waals surface area contributed by atoms with Crippen molar-refractivity contribution >= 4 is 17.5 Å². The summed E-state index contributed by atoms with van der Waals surface area (Å²) in [6.07, 6.45) is 1.97. The summed E-state index contributed by atoms with van der Waals surface area (Å²) in [5.74, 6) is 0.202. The highest BCUT2D eigenvalue weighted by molar-refractivity contribution is 6.30. The molecule has 1 amide bonds. The zero-order valence-corrected chi connectivity index (χ0v) is 11.9. The third kappa shape index (κ3) is 3.22. The van der Waals surface area contributed by atoms with Crippen LogP contribution in [0.1, 0.15) is 23.9 Å². The topological polar surface area (TPSA) is 77.3 Å². The summed E-state index contributed by atoms with van der Waals surface area (Å²) in [4.78, 5) is 16.3. The molecule has 0 radical (unpaired) electrons. The van der Waals surface area contributed by atoms with Gasteiger partial charge in [-0.3, -0.25) is 4.79 Å². The van der Waals surface area contributed by atoms with Crippen molar-refractivity contribution in [3.8, 4) is 0 Å². The van der Waals surface area contributed by atoms with Crippen LogP contribution in [0.4, 0.5) is 0 Å². The van der Waals surface area contributed by atoms with E-state index in [-0.39, 0.29) is 11.8 Å². The van der Waals surface area contributed by atoms with Gasteiger partial charge in [-0.25, -0.2) is 0 Å². The van der Waals surface area contributed by atoms with Crippen LogP contribution in [0, 0.1) is 5.92 Å². The normalized spacial score (nSPS) is 19.4. The van der Waals surface area contributed by atoms with Crippen molar-refractivity contribution in [1.29, 1.82) is 0 Å². The SMILES string of the molecule is O=C(N[C@H](c1ccc(Cl)cc1)c1ncon1)[C@H]1CCOC1. The van der Waals surface area contributed by atoms with Crippen LogP contribution in [-0.2, 0) is 9.53 Å². The quantitative estimate of drug-likeness (QED) is 0.934. The molecule has 1 N–H and O–H groups in total. The summed E-state index contributed by atoms with van der Waals surface area (Å²) in [5, 5.41) is 7.41. The molecule has 7 heteroatoms. The summed E-state index contributed by atoms with van der Waals surface area (Å²) in [7, 11) is 0.